The number of carbonyl (C=O) groups excluding carboxylic acids is 2. The van der Waals surface area contributed by atoms with Crippen LogP contribution in [0.5, 0.6) is 5.75 Å². The summed E-state index contributed by atoms with van der Waals surface area (Å²) in [4.78, 5) is 37.3. The molecule has 2 saturated heterocycles. The number of aromatic nitrogens is 2. The Hall–Kier alpha value is -3.35. The molecule has 3 aromatic rings. The molecule has 1 N–H and O–H groups in total. The van der Waals surface area contributed by atoms with Gasteiger partial charge in [0.1, 0.15) is 11.6 Å². The number of likely N-dealkylation sites (tertiary alicyclic amines) is 2. The number of aryl methyl sites for hydroxylation is 1. The summed E-state index contributed by atoms with van der Waals surface area (Å²) in [5.74, 6) is 2.03. The van der Waals surface area contributed by atoms with E-state index in [2.05, 4.69) is 9.97 Å². The summed E-state index contributed by atoms with van der Waals surface area (Å²) >= 11 is 0. The number of methoxy groups -OCH3 is 1. The number of β-lactam (4-membered cyclic amide) rings is 1. The summed E-state index contributed by atoms with van der Waals surface area (Å²) in [6.45, 7) is 2.71. The molecule has 1 spiro atoms. The third-order valence-electron chi connectivity index (χ3n) is 6.85. The molecule has 2 fully saturated rings. The van der Waals surface area contributed by atoms with Gasteiger partial charge in [-0.15, -0.1) is 0 Å². The van der Waals surface area contributed by atoms with Crippen molar-refractivity contribution in [2.45, 2.75) is 32.2 Å². The van der Waals surface area contributed by atoms with Gasteiger partial charge in [0.2, 0.25) is 11.8 Å². The molecule has 1 aromatic heterocycles. The highest BCUT2D eigenvalue weighted by molar-refractivity contribution is 5.89. The zero-order chi connectivity index (χ0) is 22.1. The van der Waals surface area contributed by atoms with Crippen LogP contribution in [-0.2, 0) is 22.6 Å². The minimum Gasteiger partial charge on any atom is -0.497 e. The molecule has 0 bridgehead atoms. The lowest BCUT2D eigenvalue weighted by molar-refractivity contribution is -0.168. The Bertz CT molecular complexity index is 1100. The van der Waals surface area contributed by atoms with E-state index in [0.717, 1.165) is 47.6 Å². The number of aromatic amines is 1. The summed E-state index contributed by atoms with van der Waals surface area (Å²) in [7, 11) is 1.65. The number of rotatable bonds is 6. The molecule has 166 valence electrons. The van der Waals surface area contributed by atoms with Crippen molar-refractivity contribution >= 4 is 22.8 Å². The fourth-order valence-corrected chi connectivity index (χ4v) is 4.89. The predicted molar refractivity (Wildman–Crippen MR) is 121 cm³/mol. The number of benzene rings is 2. The number of imidazole rings is 1. The highest BCUT2D eigenvalue weighted by Gasteiger charge is 2.53. The molecule has 3 heterocycles. The highest BCUT2D eigenvalue weighted by Crippen LogP contribution is 2.42. The van der Waals surface area contributed by atoms with Crippen LogP contribution in [0.25, 0.3) is 11.0 Å². The Morgan fingerprint density at radius 1 is 1.12 bits per heavy atom. The first-order chi connectivity index (χ1) is 15.6. The van der Waals surface area contributed by atoms with Gasteiger partial charge in [-0.25, -0.2) is 4.98 Å². The van der Waals surface area contributed by atoms with Crippen molar-refractivity contribution in [3.63, 3.8) is 0 Å². The molecule has 5 rings (SSSR count). The van der Waals surface area contributed by atoms with E-state index in [4.69, 9.17) is 4.74 Å². The lowest BCUT2D eigenvalue weighted by atomic mass is 9.71. The number of piperidine rings is 1. The lowest BCUT2D eigenvalue weighted by Crippen LogP contribution is -2.64. The summed E-state index contributed by atoms with van der Waals surface area (Å²) in [5.41, 5.74) is 2.75. The van der Waals surface area contributed by atoms with Crippen molar-refractivity contribution in [3.05, 3.63) is 59.9 Å². The number of para-hydroxylation sites is 2. The van der Waals surface area contributed by atoms with Crippen LogP contribution in [0.4, 0.5) is 0 Å². The molecule has 2 amide bonds. The fraction of sp³-hybridized carbons (Fsp3) is 0.400. The number of nitrogens with one attached hydrogen (secondary N) is 1. The van der Waals surface area contributed by atoms with Crippen LogP contribution >= 0.6 is 0 Å². The molecule has 0 atom stereocenters. The summed E-state index contributed by atoms with van der Waals surface area (Å²) < 4.78 is 5.19. The maximum Gasteiger partial charge on any atom is 0.231 e. The van der Waals surface area contributed by atoms with Crippen LogP contribution in [0.15, 0.2) is 48.5 Å². The first-order valence-corrected chi connectivity index (χ1v) is 11.2. The van der Waals surface area contributed by atoms with Crippen LogP contribution in [0.2, 0.25) is 0 Å². The van der Waals surface area contributed by atoms with Gasteiger partial charge >= 0.3 is 0 Å². The quantitative estimate of drug-likeness (QED) is 0.607. The molecule has 0 radical (unpaired) electrons. The van der Waals surface area contributed by atoms with E-state index in [1.165, 1.54) is 0 Å². The molecule has 0 unspecified atom stereocenters. The monoisotopic (exact) mass is 432 g/mol. The van der Waals surface area contributed by atoms with Gasteiger partial charge in [0.25, 0.3) is 0 Å². The van der Waals surface area contributed by atoms with Gasteiger partial charge in [-0.3, -0.25) is 9.59 Å². The number of ether oxygens (including phenoxy) is 1. The van der Waals surface area contributed by atoms with Gasteiger partial charge in [-0.05, 0) is 42.7 Å². The molecule has 2 aliphatic rings. The summed E-state index contributed by atoms with van der Waals surface area (Å²) in [5, 5.41) is 0. The van der Waals surface area contributed by atoms with Crippen LogP contribution in [0, 0.1) is 5.41 Å². The number of hydrogen-bond donors (Lipinski definition) is 1. The number of carbonyl (C=O) groups is 2. The van der Waals surface area contributed by atoms with Gasteiger partial charge < -0.3 is 19.5 Å². The van der Waals surface area contributed by atoms with E-state index >= 15 is 0 Å². The Morgan fingerprint density at radius 3 is 2.56 bits per heavy atom. The van der Waals surface area contributed by atoms with Crippen LogP contribution < -0.4 is 4.74 Å². The molecule has 7 heteroatoms. The van der Waals surface area contributed by atoms with Crippen molar-refractivity contribution in [2.75, 3.05) is 26.7 Å². The second-order valence-electron chi connectivity index (χ2n) is 8.87. The van der Waals surface area contributed by atoms with Crippen molar-refractivity contribution in [2.24, 2.45) is 5.41 Å². The average molecular weight is 433 g/mol. The minimum absolute atomic E-state index is 0.141. The highest BCUT2D eigenvalue weighted by atomic mass is 16.5. The summed E-state index contributed by atoms with van der Waals surface area (Å²) in [6, 6.07) is 15.7. The zero-order valence-electron chi connectivity index (χ0n) is 18.3. The van der Waals surface area contributed by atoms with Crippen LogP contribution in [0.1, 0.15) is 30.7 Å². The van der Waals surface area contributed by atoms with E-state index in [-0.39, 0.29) is 17.2 Å². The van der Waals surface area contributed by atoms with E-state index in [0.29, 0.717) is 32.5 Å². The maximum absolute atomic E-state index is 12.9. The molecule has 7 nitrogen and oxygen atoms in total. The smallest absolute Gasteiger partial charge is 0.231 e. The van der Waals surface area contributed by atoms with E-state index in [1.54, 1.807) is 7.11 Å². The summed E-state index contributed by atoms with van der Waals surface area (Å²) in [6.07, 6.45) is 2.54. The Balaban J connectivity index is 1.10. The minimum atomic E-state index is -0.276. The van der Waals surface area contributed by atoms with Crippen molar-refractivity contribution in [1.82, 2.24) is 19.8 Å². The zero-order valence-corrected chi connectivity index (χ0v) is 18.3. The molecule has 2 aliphatic heterocycles. The lowest BCUT2D eigenvalue weighted by Gasteiger charge is -2.52. The third kappa shape index (κ3) is 3.83. The first kappa shape index (κ1) is 20.5. The Morgan fingerprint density at radius 2 is 1.88 bits per heavy atom. The van der Waals surface area contributed by atoms with Crippen molar-refractivity contribution < 1.29 is 14.3 Å². The number of H-pyrrole nitrogens is 1. The maximum atomic E-state index is 12.9. The molecular weight excluding hydrogens is 404 g/mol. The third-order valence-corrected chi connectivity index (χ3v) is 6.85. The second-order valence-corrected chi connectivity index (χ2v) is 8.87. The Labute approximate surface area is 187 Å². The molecule has 2 aromatic carbocycles. The van der Waals surface area contributed by atoms with Gasteiger partial charge in [-0.2, -0.15) is 0 Å². The van der Waals surface area contributed by atoms with E-state index < -0.39 is 0 Å². The van der Waals surface area contributed by atoms with Crippen LogP contribution in [0.3, 0.4) is 0 Å². The van der Waals surface area contributed by atoms with Gasteiger partial charge in [0, 0.05) is 39.0 Å². The number of hydrogen-bond acceptors (Lipinski definition) is 4. The van der Waals surface area contributed by atoms with Gasteiger partial charge in [-0.1, -0.05) is 24.3 Å². The molecule has 0 saturated carbocycles. The Kier molecular flexibility index (Phi) is 5.33. The first-order valence-electron chi connectivity index (χ1n) is 11.2. The number of amides is 2. The van der Waals surface area contributed by atoms with E-state index in [9.17, 15) is 9.59 Å². The number of nitrogens with zero attached hydrogens (tertiary/aromatic N) is 3. The largest absolute Gasteiger partial charge is 0.497 e. The molecule has 32 heavy (non-hydrogen) atoms. The number of fused-ring (bicyclic) bond motifs is 1. The predicted octanol–water partition coefficient (Wildman–Crippen LogP) is 3.16. The normalized spacial score (nSPS) is 17.6. The van der Waals surface area contributed by atoms with Crippen LogP contribution in [-0.4, -0.2) is 58.3 Å². The second kappa shape index (κ2) is 8.30. The topological polar surface area (TPSA) is 78.5 Å². The van der Waals surface area contributed by atoms with Gasteiger partial charge in [0.05, 0.1) is 23.6 Å². The molecule has 0 aliphatic carbocycles. The van der Waals surface area contributed by atoms with Gasteiger partial charge in [0.15, 0.2) is 0 Å². The van der Waals surface area contributed by atoms with E-state index in [1.807, 2.05) is 58.3 Å². The van der Waals surface area contributed by atoms with Crippen molar-refractivity contribution in [1.29, 1.82) is 0 Å². The van der Waals surface area contributed by atoms with Crippen molar-refractivity contribution in [3.8, 4) is 5.75 Å². The standard InChI is InChI=1S/C25H28N4O3/c1-32-19-8-6-18(7-9-19)16-29-17-25(24(29)31)12-14-28(15-13-25)23(30)11-10-22-26-20-4-2-3-5-21(20)27-22/h2-9H,10-17H2,1H3,(H,26,27). The fourth-order valence-electron chi connectivity index (χ4n) is 4.89. The SMILES string of the molecule is COc1ccc(CN2CC3(CCN(C(=O)CCc4nc5ccccc5[nH]4)CC3)C2=O)cc1. The molecular formula is C25H28N4O3. The average Bonchev–Trinajstić information content (AvgIpc) is 3.26.